The molecule has 0 N–H and O–H groups in total. The van der Waals surface area contributed by atoms with Crippen LogP contribution in [-0.4, -0.2) is 70.3 Å². The molecule has 0 unspecified atom stereocenters. The number of hydrogen-bond donors (Lipinski definition) is 0. The zero-order chi connectivity index (χ0) is 19.8. The lowest BCUT2D eigenvalue weighted by molar-refractivity contribution is 0.0765. The Morgan fingerprint density at radius 2 is 1.89 bits per heavy atom. The van der Waals surface area contributed by atoms with Crippen molar-refractivity contribution in [3.8, 4) is 0 Å². The fourth-order valence-electron chi connectivity index (χ4n) is 4.37. The van der Waals surface area contributed by atoms with Crippen LogP contribution in [0.3, 0.4) is 0 Å². The van der Waals surface area contributed by atoms with E-state index in [-0.39, 0.29) is 35.6 Å². The molecule has 0 spiro atoms. The van der Waals surface area contributed by atoms with Gasteiger partial charge in [0.2, 0.25) is 0 Å². The van der Waals surface area contributed by atoms with Crippen molar-refractivity contribution < 1.29 is 14.0 Å². The normalized spacial score (nSPS) is 23.6. The van der Waals surface area contributed by atoms with Crippen LogP contribution in [0, 0.1) is 17.7 Å². The van der Waals surface area contributed by atoms with Crippen LogP contribution in [0.1, 0.15) is 22.0 Å². The number of carbonyl (C=O) groups excluding carboxylic acids is 2. The average molecular weight is 383 g/mol. The summed E-state index contributed by atoms with van der Waals surface area (Å²) >= 11 is 0. The molecule has 1 aromatic heterocycles. The van der Waals surface area contributed by atoms with Crippen molar-refractivity contribution in [2.45, 2.75) is 6.04 Å². The SMILES string of the molecule is CN(C)C(=O)N1C[C@H]2CN(C(=O)c3cncnc3)C[C@H]2[C@H]1c1cccc(F)c1. The van der Waals surface area contributed by atoms with Gasteiger partial charge in [0.1, 0.15) is 12.1 Å². The van der Waals surface area contributed by atoms with Crippen LogP contribution in [0.25, 0.3) is 0 Å². The molecular formula is C20H22FN5O2. The van der Waals surface area contributed by atoms with Crippen LogP contribution in [0.15, 0.2) is 43.0 Å². The van der Waals surface area contributed by atoms with E-state index in [2.05, 4.69) is 9.97 Å². The Bertz CT molecular complexity index is 891. The molecule has 8 heteroatoms. The van der Waals surface area contributed by atoms with Gasteiger partial charge in [-0.3, -0.25) is 4.79 Å². The number of carbonyl (C=O) groups is 2. The van der Waals surface area contributed by atoms with Gasteiger partial charge in [-0.2, -0.15) is 0 Å². The first-order valence-electron chi connectivity index (χ1n) is 9.23. The monoisotopic (exact) mass is 383 g/mol. The predicted molar refractivity (Wildman–Crippen MR) is 99.8 cm³/mol. The lowest BCUT2D eigenvalue weighted by Crippen LogP contribution is -2.42. The van der Waals surface area contributed by atoms with Crippen molar-refractivity contribution in [1.82, 2.24) is 24.7 Å². The Morgan fingerprint density at radius 3 is 2.57 bits per heavy atom. The molecule has 3 atom stereocenters. The van der Waals surface area contributed by atoms with E-state index in [0.717, 1.165) is 5.56 Å². The molecule has 3 heterocycles. The molecule has 146 valence electrons. The van der Waals surface area contributed by atoms with Crippen LogP contribution >= 0.6 is 0 Å². The highest BCUT2D eigenvalue weighted by Gasteiger charge is 2.50. The van der Waals surface area contributed by atoms with Crippen LogP contribution in [0.5, 0.6) is 0 Å². The highest BCUT2D eigenvalue weighted by Crippen LogP contribution is 2.45. The molecule has 4 rings (SSSR count). The third-order valence-electron chi connectivity index (χ3n) is 5.58. The number of benzene rings is 1. The van der Waals surface area contributed by atoms with Gasteiger partial charge in [-0.1, -0.05) is 12.1 Å². The minimum atomic E-state index is -0.328. The Labute approximate surface area is 162 Å². The summed E-state index contributed by atoms with van der Waals surface area (Å²) in [5, 5.41) is 0. The van der Waals surface area contributed by atoms with E-state index in [0.29, 0.717) is 25.2 Å². The Hall–Kier alpha value is -3.03. The highest BCUT2D eigenvalue weighted by atomic mass is 19.1. The van der Waals surface area contributed by atoms with E-state index in [1.807, 2.05) is 6.07 Å². The van der Waals surface area contributed by atoms with E-state index >= 15 is 0 Å². The summed E-state index contributed by atoms with van der Waals surface area (Å²) in [5.74, 6) is -0.242. The largest absolute Gasteiger partial charge is 0.338 e. The first kappa shape index (κ1) is 18.3. The van der Waals surface area contributed by atoms with E-state index in [4.69, 9.17) is 0 Å². The Kier molecular flexibility index (Phi) is 4.70. The van der Waals surface area contributed by atoms with Crippen molar-refractivity contribution in [2.24, 2.45) is 11.8 Å². The molecular weight excluding hydrogens is 361 g/mol. The minimum Gasteiger partial charge on any atom is -0.338 e. The zero-order valence-corrected chi connectivity index (χ0v) is 15.8. The van der Waals surface area contributed by atoms with Gasteiger partial charge in [0, 0.05) is 58.0 Å². The summed E-state index contributed by atoms with van der Waals surface area (Å²) in [6, 6.07) is 6.03. The second-order valence-corrected chi connectivity index (χ2v) is 7.59. The van der Waals surface area contributed by atoms with Crippen molar-refractivity contribution in [2.75, 3.05) is 33.7 Å². The Balaban J connectivity index is 1.62. The summed E-state index contributed by atoms with van der Waals surface area (Å²) in [7, 11) is 3.43. The maximum absolute atomic E-state index is 13.9. The first-order valence-corrected chi connectivity index (χ1v) is 9.23. The number of urea groups is 1. The van der Waals surface area contributed by atoms with Crippen molar-refractivity contribution >= 4 is 11.9 Å². The van der Waals surface area contributed by atoms with E-state index < -0.39 is 0 Å². The third-order valence-corrected chi connectivity index (χ3v) is 5.58. The number of aromatic nitrogens is 2. The second kappa shape index (κ2) is 7.18. The lowest BCUT2D eigenvalue weighted by atomic mass is 9.89. The summed E-state index contributed by atoms with van der Waals surface area (Å²) in [4.78, 5) is 38.5. The maximum atomic E-state index is 13.9. The number of hydrogen-bond acceptors (Lipinski definition) is 4. The lowest BCUT2D eigenvalue weighted by Gasteiger charge is -2.31. The molecule has 0 radical (unpaired) electrons. The molecule has 1 aromatic carbocycles. The van der Waals surface area contributed by atoms with Crippen molar-refractivity contribution in [3.63, 3.8) is 0 Å². The van der Waals surface area contributed by atoms with Crippen molar-refractivity contribution in [3.05, 3.63) is 59.9 Å². The summed E-state index contributed by atoms with van der Waals surface area (Å²) in [6.45, 7) is 1.61. The first-order chi connectivity index (χ1) is 13.5. The fraction of sp³-hybridized carbons (Fsp3) is 0.400. The number of likely N-dealkylation sites (tertiary alicyclic amines) is 2. The average Bonchev–Trinajstić information content (AvgIpc) is 3.25. The minimum absolute atomic E-state index is 0.0549. The molecule has 0 saturated carbocycles. The predicted octanol–water partition coefficient (Wildman–Crippen LogP) is 2.04. The maximum Gasteiger partial charge on any atom is 0.320 e. The fourth-order valence-corrected chi connectivity index (χ4v) is 4.37. The van der Waals surface area contributed by atoms with Gasteiger partial charge in [0.15, 0.2) is 0 Å². The topological polar surface area (TPSA) is 69.6 Å². The molecule has 2 saturated heterocycles. The molecule has 2 aliphatic rings. The smallest absolute Gasteiger partial charge is 0.320 e. The van der Waals surface area contributed by atoms with Gasteiger partial charge in [-0.25, -0.2) is 19.2 Å². The van der Waals surface area contributed by atoms with Gasteiger partial charge in [0.25, 0.3) is 5.91 Å². The molecule has 0 bridgehead atoms. The molecule has 2 aromatic rings. The van der Waals surface area contributed by atoms with Crippen molar-refractivity contribution in [1.29, 1.82) is 0 Å². The molecule has 7 nitrogen and oxygen atoms in total. The van der Waals surface area contributed by atoms with Gasteiger partial charge < -0.3 is 14.7 Å². The molecule has 2 aliphatic heterocycles. The summed E-state index contributed by atoms with van der Waals surface area (Å²) in [5.41, 5.74) is 1.21. The van der Waals surface area contributed by atoms with Crippen LogP contribution < -0.4 is 0 Å². The van der Waals surface area contributed by atoms with Gasteiger partial charge in [-0.15, -0.1) is 0 Å². The Morgan fingerprint density at radius 1 is 1.14 bits per heavy atom. The molecule has 2 fully saturated rings. The number of amides is 3. The number of rotatable bonds is 2. The second-order valence-electron chi connectivity index (χ2n) is 7.59. The van der Waals surface area contributed by atoms with Gasteiger partial charge in [0.05, 0.1) is 11.6 Å². The summed E-state index contributed by atoms with van der Waals surface area (Å²) in [6.07, 6.45) is 4.41. The number of nitrogens with zero attached hydrogens (tertiary/aromatic N) is 5. The quantitative estimate of drug-likeness (QED) is 0.796. The van der Waals surface area contributed by atoms with E-state index in [1.165, 1.54) is 35.8 Å². The third kappa shape index (κ3) is 3.19. The molecule has 0 aliphatic carbocycles. The van der Waals surface area contributed by atoms with Gasteiger partial charge >= 0.3 is 6.03 Å². The van der Waals surface area contributed by atoms with Crippen LogP contribution in [0.2, 0.25) is 0 Å². The van der Waals surface area contributed by atoms with Gasteiger partial charge in [-0.05, 0) is 17.7 Å². The number of halogens is 1. The highest BCUT2D eigenvalue weighted by molar-refractivity contribution is 5.93. The molecule has 28 heavy (non-hydrogen) atoms. The molecule has 3 amide bonds. The van der Waals surface area contributed by atoms with Crippen LogP contribution in [-0.2, 0) is 0 Å². The van der Waals surface area contributed by atoms with E-state index in [1.54, 1.807) is 30.0 Å². The van der Waals surface area contributed by atoms with E-state index in [9.17, 15) is 14.0 Å². The standard InChI is InChI=1S/C20H22FN5O2/c1-24(2)20(28)26-10-15-9-25(19(27)14-7-22-12-23-8-14)11-17(15)18(26)13-4-3-5-16(21)6-13/h3-8,12,15,17-18H,9-11H2,1-2H3/t15-,17-,18-/m1/s1. The zero-order valence-electron chi connectivity index (χ0n) is 15.8. The van der Waals surface area contributed by atoms with Crippen LogP contribution in [0.4, 0.5) is 9.18 Å². The number of fused-ring (bicyclic) bond motifs is 1. The summed E-state index contributed by atoms with van der Waals surface area (Å²) < 4.78 is 13.9.